The van der Waals surface area contributed by atoms with Crippen molar-refractivity contribution >= 4 is 33.9 Å². The van der Waals surface area contributed by atoms with E-state index >= 15 is 0 Å². The minimum Gasteiger partial charge on any atom is -0.354 e. The number of para-hydroxylation sites is 1. The molecule has 0 radical (unpaired) electrons. The SMILES string of the molecule is C[N+]1=C(C=C2C(=O)C(c3c(-c4ccccc4)[nH]c4ccc(F)cc34)C2=O)C(C)(C)c2ccccc21. The summed E-state index contributed by atoms with van der Waals surface area (Å²) in [5.41, 5.74) is 5.74. The van der Waals surface area contributed by atoms with Crippen molar-refractivity contribution in [2.75, 3.05) is 7.05 Å². The van der Waals surface area contributed by atoms with Gasteiger partial charge < -0.3 is 4.98 Å². The van der Waals surface area contributed by atoms with Crippen LogP contribution in [0.1, 0.15) is 30.9 Å². The maximum atomic E-state index is 14.2. The molecule has 3 aromatic carbocycles. The van der Waals surface area contributed by atoms with Gasteiger partial charge in [0.2, 0.25) is 5.69 Å². The summed E-state index contributed by atoms with van der Waals surface area (Å²) < 4.78 is 16.3. The second-order valence-corrected chi connectivity index (χ2v) is 9.78. The first kappa shape index (κ1) is 21.4. The van der Waals surface area contributed by atoms with Crippen LogP contribution in [0.5, 0.6) is 0 Å². The molecule has 0 amide bonds. The van der Waals surface area contributed by atoms with E-state index < -0.39 is 11.7 Å². The molecule has 1 aliphatic heterocycles. The molecular weight excluding hydrogens is 439 g/mol. The van der Waals surface area contributed by atoms with Gasteiger partial charge >= 0.3 is 0 Å². The lowest BCUT2D eigenvalue weighted by Gasteiger charge is -2.27. The smallest absolute Gasteiger partial charge is 0.209 e. The van der Waals surface area contributed by atoms with Crippen molar-refractivity contribution in [1.82, 2.24) is 4.98 Å². The molecule has 0 unspecified atom stereocenters. The number of rotatable bonds is 3. The summed E-state index contributed by atoms with van der Waals surface area (Å²) in [4.78, 5) is 30.4. The van der Waals surface area contributed by atoms with E-state index in [2.05, 4.69) is 24.9 Å². The summed E-state index contributed by atoms with van der Waals surface area (Å²) in [5.74, 6) is -1.82. The molecule has 4 aromatic rings. The molecule has 0 atom stereocenters. The van der Waals surface area contributed by atoms with Crippen LogP contribution in [0.25, 0.3) is 22.2 Å². The average Bonchev–Trinajstić information content (AvgIpc) is 3.31. The fourth-order valence-electron chi connectivity index (χ4n) is 5.59. The maximum absolute atomic E-state index is 14.2. The molecule has 2 heterocycles. The number of fused-ring (bicyclic) bond motifs is 2. The molecule has 4 nitrogen and oxygen atoms in total. The minimum atomic E-state index is -0.954. The van der Waals surface area contributed by atoms with E-state index in [1.165, 1.54) is 12.1 Å². The number of Topliss-reactive ketones (excluding diaryl/α,β-unsaturated/α-hetero) is 2. The fourth-order valence-corrected chi connectivity index (χ4v) is 5.59. The number of halogens is 1. The largest absolute Gasteiger partial charge is 0.354 e. The van der Waals surface area contributed by atoms with Gasteiger partial charge in [0, 0.05) is 34.2 Å². The normalized spacial score (nSPS) is 18.7. The van der Waals surface area contributed by atoms with E-state index in [9.17, 15) is 14.0 Å². The van der Waals surface area contributed by atoms with Gasteiger partial charge in [-0.25, -0.2) is 4.39 Å². The third-order valence-electron chi connectivity index (χ3n) is 7.43. The van der Waals surface area contributed by atoms with Gasteiger partial charge in [-0.2, -0.15) is 4.58 Å². The molecule has 1 saturated carbocycles. The molecule has 35 heavy (non-hydrogen) atoms. The van der Waals surface area contributed by atoms with Crippen LogP contribution in [0.4, 0.5) is 10.1 Å². The Labute approximate surface area is 202 Å². The molecule has 1 aromatic heterocycles. The zero-order valence-corrected chi connectivity index (χ0v) is 19.7. The number of hydrogen-bond donors (Lipinski definition) is 1. The molecule has 1 N–H and O–H groups in total. The van der Waals surface area contributed by atoms with E-state index in [0.717, 1.165) is 22.5 Å². The highest BCUT2D eigenvalue weighted by Crippen LogP contribution is 2.45. The highest BCUT2D eigenvalue weighted by molar-refractivity contribution is 6.44. The number of aromatic amines is 1. The maximum Gasteiger partial charge on any atom is 0.209 e. The molecule has 1 aliphatic carbocycles. The number of H-pyrrole nitrogens is 1. The van der Waals surface area contributed by atoms with E-state index in [-0.39, 0.29) is 22.6 Å². The zero-order chi connectivity index (χ0) is 24.5. The lowest BCUT2D eigenvalue weighted by molar-refractivity contribution is -0.401. The van der Waals surface area contributed by atoms with Crippen molar-refractivity contribution in [3.63, 3.8) is 0 Å². The van der Waals surface area contributed by atoms with Gasteiger partial charge in [-0.05, 0) is 37.6 Å². The van der Waals surface area contributed by atoms with Crippen molar-refractivity contribution < 1.29 is 18.6 Å². The van der Waals surface area contributed by atoms with Crippen LogP contribution in [0.2, 0.25) is 0 Å². The molecule has 0 spiro atoms. The number of ketones is 2. The predicted octanol–water partition coefficient (Wildman–Crippen LogP) is 5.84. The Hall–Kier alpha value is -4.12. The van der Waals surface area contributed by atoms with E-state index in [0.29, 0.717) is 22.2 Å². The first-order chi connectivity index (χ1) is 16.8. The second-order valence-electron chi connectivity index (χ2n) is 9.78. The molecule has 1 fully saturated rings. The molecule has 5 heteroatoms. The molecule has 0 bridgehead atoms. The van der Waals surface area contributed by atoms with Crippen LogP contribution in [0, 0.1) is 5.82 Å². The molecular formula is C30H24FN2O2+. The van der Waals surface area contributed by atoms with Crippen molar-refractivity contribution in [3.05, 3.63) is 101 Å². The summed E-state index contributed by atoms with van der Waals surface area (Å²) >= 11 is 0. The fraction of sp³-hybridized carbons (Fsp3) is 0.167. The first-order valence-corrected chi connectivity index (χ1v) is 11.7. The highest BCUT2D eigenvalue weighted by atomic mass is 19.1. The topological polar surface area (TPSA) is 52.9 Å². The number of benzene rings is 3. The van der Waals surface area contributed by atoms with Crippen LogP contribution in [-0.2, 0) is 15.0 Å². The van der Waals surface area contributed by atoms with Gasteiger partial charge in [-0.3, -0.25) is 9.59 Å². The monoisotopic (exact) mass is 463 g/mol. The Bertz CT molecular complexity index is 1600. The Kier molecular flexibility index (Phi) is 4.55. The van der Waals surface area contributed by atoms with Crippen LogP contribution >= 0.6 is 0 Å². The molecule has 6 rings (SSSR count). The van der Waals surface area contributed by atoms with Crippen molar-refractivity contribution in [2.45, 2.75) is 25.2 Å². The van der Waals surface area contributed by atoms with Gasteiger partial charge in [0.1, 0.15) is 18.8 Å². The molecule has 2 aliphatic rings. The lowest BCUT2D eigenvalue weighted by Crippen LogP contribution is -2.40. The molecule has 0 saturated heterocycles. The molecule has 172 valence electrons. The number of carbonyl (C=O) groups excluding carboxylic acids is 2. The highest BCUT2D eigenvalue weighted by Gasteiger charge is 2.50. The summed E-state index contributed by atoms with van der Waals surface area (Å²) in [6.45, 7) is 4.20. The van der Waals surface area contributed by atoms with Crippen LogP contribution in [0.15, 0.2) is 84.4 Å². The Morgan fingerprint density at radius 1 is 0.943 bits per heavy atom. The Balaban J connectivity index is 1.46. The van der Waals surface area contributed by atoms with E-state index in [4.69, 9.17) is 0 Å². The third kappa shape index (κ3) is 3.01. The zero-order valence-electron chi connectivity index (χ0n) is 19.7. The second kappa shape index (κ2) is 7.44. The Morgan fingerprint density at radius 3 is 2.34 bits per heavy atom. The number of aromatic nitrogens is 1. The average molecular weight is 464 g/mol. The third-order valence-corrected chi connectivity index (χ3v) is 7.43. The van der Waals surface area contributed by atoms with Crippen molar-refractivity contribution in [3.8, 4) is 11.3 Å². The van der Waals surface area contributed by atoms with Gasteiger partial charge in [0.05, 0.1) is 16.7 Å². The summed E-state index contributed by atoms with van der Waals surface area (Å²) in [7, 11) is 1.96. The summed E-state index contributed by atoms with van der Waals surface area (Å²) in [6, 6.07) is 22.1. The van der Waals surface area contributed by atoms with Gasteiger partial charge in [0.15, 0.2) is 17.3 Å². The van der Waals surface area contributed by atoms with Crippen molar-refractivity contribution in [1.29, 1.82) is 0 Å². The van der Waals surface area contributed by atoms with Crippen LogP contribution < -0.4 is 0 Å². The van der Waals surface area contributed by atoms with Gasteiger partial charge in [-0.1, -0.05) is 48.5 Å². The minimum absolute atomic E-state index is 0.197. The van der Waals surface area contributed by atoms with Crippen LogP contribution in [0.3, 0.4) is 0 Å². The number of hydrogen-bond acceptors (Lipinski definition) is 2. The summed E-state index contributed by atoms with van der Waals surface area (Å²) in [6.07, 6.45) is 1.75. The quantitative estimate of drug-likeness (QED) is 0.180. The van der Waals surface area contributed by atoms with Gasteiger partial charge in [0.25, 0.3) is 0 Å². The van der Waals surface area contributed by atoms with E-state index in [1.807, 2.05) is 60.2 Å². The number of allylic oxidation sites excluding steroid dienone is 2. The Morgan fingerprint density at radius 2 is 1.63 bits per heavy atom. The first-order valence-electron chi connectivity index (χ1n) is 11.7. The predicted molar refractivity (Wildman–Crippen MR) is 135 cm³/mol. The number of nitrogens with zero attached hydrogens (tertiary/aromatic N) is 1. The summed E-state index contributed by atoms with van der Waals surface area (Å²) in [5, 5.41) is 0.563. The van der Waals surface area contributed by atoms with E-state index in [1.54, 1.807) is 12.1 Å². The number of nitrogens with one attached hydrogen (secondary N) is 1. The lowest BCUT2D eigenvalue weighted by atomic mass is 9.70. The van der Waals surface area contributed by atoms with Crippen LogP contribution in [-0.4, -0.2) is 33.9 Å². The van der Waals surface area contributed by atoms with Crippen molar-refractivity contribution in [2.24, 2.45) is 0 Å². The van der Waals surface area contributed by atoms with Gasteiger partial charge in [-0.15, -0.1) is 0 Å². The number of carbonyl (C=O) groups is 2. The standard InChI is InChI=1S/C30H23FN2O2/c1-30(2)21-11-7-8-12-23(21)33(3)24(30)16-20-28(34)26(29(20)35)25-19-15-18(31)13-14-22(19)32-27(25)17-9-5-4-6-10-17/h4-16,26H,1-3H3/p+1.